The van der Waals surface area contributed by atoms with Crippen LogP contribution >= 0.6 is 9.12 Å². The van der Waals surface area contributed by atoms with E-state index in [1.807, 2.05) is 0 Å². The summed E-state index contributed by atoms with van der Waals surface area (Å²) in [4.78, 5) is 20.1. The zero-order valence-corrected chi connectivity index (χ0v) is 25.9. The molecule has 0 saturated heterocycles. The number of aliphatic hydroxyl groups excluding tert-OH is 3. The first-order valence-corrected chi connectivity index (χ1v) is 10.4. The molecule has 11 nitrogen and oxygen atoms in total. The third-order valence-electron chi connectivity index (χ3n) is 2.58. The van der Waals surface area contributed by atoms with Crippen LogP contribution in [0.25, 0.3) is 0 Å². The molecule has 0 aromatic heterocycles. The molecule has 0 aromatic rings. The van der Waals surface area contributed by atoms with Gasteiger partial charge in [-0.2, -0.15) is 9.12 Å². The molecule has 16 heteroatoms. The average Bonchev–Trinajstić information content (AvgIpc) is 2.76. The first-order valence-electron chi connectivity index (χ1n) is 9.77. The Kier molecular flexibility index (Phi) is 88.1. The van der Waals surface area contributed by atoms with Gasteiger partial charge in [0.2, 0.25) is 0 Å². The van der Waals surface area contributed by atoms with Gasteiger partial charge in [0.15, 0.2) is 11.6 Å². The van der Waals surface area contributed by atoms with E-state index in [9.17, 15) is 9.59 Å². The zero-order valence-electron chi connectivity index (χ0n) is 23.7. The van der Waals surface area contributed by atoms with E-state index >= 15 is 0 Å². The van der Waals surface area contributed by atoms with Crippen molar-refractivity contribution in [2.75, 3.05) is 95.5 Å². The Morgan fingerprint density at radius 1 is 0.806 bits per heavy atom. The van der Waals surface area contributed by atoms with Gasteiger partial charge in [0.1, 0.15) is 32.5 Å². The molecule has 6 radical (unpaired) electrons. The monoisotopic (exact) mass is 552 g/mol. The maximum atomic E-state index is 10.4. The van der Waals surface area contributed by atoms with Crippen molar-refractivity contribution in [2.45, 2.75) is 20.5 Å². The molecular weight excluding hydrogens is 503 g/mol. The summed E-state index contributed by atoms with van der Waals surface area (Å²) in [5, 5.41) is 24.4. The molecule has 0 heterocycles. The van der Waals surface area contributed by atoms with E-state index in [1.165, 1.54) is 21.1 Å². The van der Waals surface area contributed by atoms with E-state index in [4.69, 9.17) is 24.8 Å². The molecule has 1 atom stereocenters. The Morgan fingerprint density at radius 2 is 1.08 bits per heavy atom. The predicted octanol–water partition coefficient (Wildman–Crippen LogP) is -4.12. The molecule has 36 heavy (non-hydrogen) atoms. The number of ketones is 2. The minimum atomic E-state index is -0.559. The van der Waals surface area contributed by atoms with Crippen LogP contribution < -0.4 is 29.6 Å². The molecule has 0 rings (SSSR count). The summed E-state index contributed by atoms with van der Waals surface area (Å²) in [5.74, 6) is -0.0602. The second-order valence-electron chi connectivity index (χ2n) is 6.03. The minimum Gasteiger partial charge on any atom is -1.00 e. The summed E-state index contributed by atoms with van der Waals surface area (Å²) in [5.41, 5.74) is 0. The van der Waals surface area contributed by atoms with Gasteiger partial charge in [-0.15, -0.1) is 0 Å². The largest absolute Gasteiger partial charge is 1.00 e. The van der Waals surface area contributed by atoms with Crippen LogP contribution in [0.5, 0.6) is 0 Å². The van der Waals surface area contributed by atoms with Gasteiger partial charge < -0.3 is 45.2 Å². The fourth-order valence-corrected chi connectivity index (χ4v) is 1.46. The molecule has 0 aliphatic heterocycles. The summed E-state index contributed by atoms with van der Waals surface area (Å²) >= 11 is 0. The van der Waals surface area contributed by atoms with Gasteiger partial charge in [0.25, 0.3) is 0 Å². The number of aliphatic hydroxyl groups is 3. The number of rotatable bonds is 14. The standard InChI is InChI=1S/C6H14O2.C5H12O3.C5H10O3.C3H6O3.CH4.B2H2P.B.Na.H/c1-6(4-7-2)5-8-3;2*1-7-3-5(6)4-8-2;4-1-3(6)2-5;;1-2-3;;;/h6H,4-5H2,1-3H3;5-6H,3-4H2,1-2H3;3-4H2,1-2H3;4-5H,1-2H2;1H4;3H2;;;/q;;;;;;;+1;-1. The number of carbonyl (C=O) groups excluding carboxylic acids is 2. The van der Waals surface area contributed by atoms with Crippen molar-refractivity contribution in [3.05, 3.63) is 0 Å². The maximum absolute atomic E-state index is 10.4. The molecule has 0 aliphatic rings. The second kappa shape index (κ2) is 56.0. The molecule has 0 fully saturated rings. The van der Waals surface area contributed by atoms with Gasteiger partial charge in [0, 0.05) is 64.7 Å². The van der Waals surface area contributed by atoms with Crippen LogP contribution in [0, 0.1) is 5.92 Å². The smallest absolute Gasteiger partial charge is 1.00 e. The van der Waals surface area contributed by atoms with Crippen LogP contribution in [0.4, 0.5) is 0 Å². The van der Waals surface area contributed by atoms with E-state index in [0.29, 0.717) is 19.1 Å². The number of Topliss-reactive ketones (excluding diaryl/α,β-unsaturated/α-hetero) is 2. The molecule has 0 bridgehead atoms. The van der Waals surface area contributed by atoms with Crippen LogP contribution in [-0.2, 0) is 38.0 Å². The van der Waals surface area contributed by atoms with Crippen molar-refractivity contribution in [1.29, 1.82) is 0 Å². The summed E-state index contributed by atoms with van der Waals surface area (Å²) < 4.78 is 28.1. The average molecular weight is 552 g/mol. The molecule has 0 saturated carbocycles. The van der Waals surface area contributed by atoms with Crippen molar-refractivity contribution in [1.82, 2.24) is 0 Å². The zero-order chi connectivity index (χ0) is 26.9. The van der Waals surface area contributed by atoms with Gasteiger partial charge >= 0.3 is 29.6 Å². The van der Waals surface area contributed by atoms with Gasteiger partial charge in [-0.3, -0.25) is 9.59 Å². The Balaban J connectivity index is -0.0000000378. The van der Waals surface area contributed by atoms with Crippen molar-refractivity contribution in [3.63, 3.8) is 0 Å². The van der Waals surface area contributed by atoms with Gasteiger partial charge in [-0.25, -0.2) is 0 Å². The van der Waals surface area contributed by atoms with Gasteiger partial charge in [-0.1, -0.05) is 14.4 Å². The number of hydrogen-bond acceptors (Lipinski definition) is 11. The molecule has 0 aliphatic carbocycles. The summed E-state index contributed by atoms with van der Waals surface area (Å²) in [6.07, 6.45) is -0.481. The third-order valence-corrected chi connectivity index (χ3v) is 2.58. The third kappa shape index (κ3) is 76.5. The van der Waals surface area contributed by atoms with Crippen LogP contribution in [0.2, 0.25) is 0 Å². The van der Waals surface area contributed by atoms with Crippen molar-refractivity contribution in [3.8, 4) is 0 Å². The van der Waals surface area contributed by atoms with E-state index in [-0.39, 0.29) is 65.8 Å². The minimum absolute atomic E-state index is 0. The summed E-state index contributed by atoms with van der Waals surface area (Å²) in [6, 6.07) is 0. The molecule has 3 N–H and O–H groups in total. The van der Waals surface area contributed by atoms with Gasteiger partial charge in [-0.05, 0) is 0 Å². The molecule has 0 aromatic carbocycles. The fourth-order valence-electron chi connectivity index (χ4n) is 1.46. The van der Waals surface area contributed by atoms with Gasteiger partial charge in [0.05, 0.1) is 33.3 Å². The first-order chi connectivity index (χ1) is 15.6. The molecule has 0 amide bonds. The van der Waals surface area contributed by atoms with E-state index in [1.54, 1.807) is 28.4 Å². The summed E-state index contributed by atoms with van der Waals surface area (Å²) in [6.45, 7) is 4.94. The van der Waals surface area contributed by atoms with Crippen LogP contribution in [0.15, 0.2) is 0 Å². The SMILES string of the molecule is C.COCC(=O)COC.COCC(C)COC.COCC(O)COC.O=C(CO)CO.[B].[B][B]P.[H-].[Na+]. The normalized spacial score (nSPS) is 8.47. The first kappa shape index (κ1) is 56.7. The van der Waals surface area contributed by atoms with E-state index in [2.05, 4.69) is 42.7 Å². The van der Waals surface area contributed by atoms with E-state index < -0.39 is 25.1 Å². The van der Waals surface area contributed by atoms with Crippen LogP contribution in [0.1, 0.15) is 15.8 Å². The fraction of sp³-hybridized carbons (Fsp3) is 0.900. The Labute approximate surface area is 249 Å². The molecule has 1 unspecified atom stereocenters. The van der Waals surface area contributed by atoms with E-state index in [0.717, 1.165) is 13.2 Å². The molecular formula is C20H49B3NaO11P. The Morgan fingerprint density at radius 3 is 1.25 bits per heavy atom. The Bertz CT molecular complexity index is 348. The number of hydrogen-bond donors (Lipinski definition) is 3. The maximum Gasteiger partial charge on any atom is 1.00 e. The second-order valence-corrected chi connectivity index (χ2v) is 6.42. The quantitative estimate of drug-likeness (QED) is 0.143. The molecule has 0 spiro atoms. The summed E-state index contributed by atoms with van der Waals surface area (Å²) in [7, 11) is 16.4. The van der Waals surface area contributed by atoms with Crippen molar-refractivity contribution in [2.24, 2.45) is 5.92 Å². The predicted molar refractivity (Wildman–Crippen MR) is 145 cm³/mol. The van der Waals surface area contributed by atoms with Crippen LogP contribution in [-0.4, -0.2) is 152 Å². The number of methoxy groups -OCH3 is 6. The molecule has 210 valence electrons. The van der Waals surface area contributed by atoms with Crippen molar-refractivity contribution < 1.29 is 84.3 Å². The Hall–Kier alpha value is 0.605. The number of ether oxygens (including phenoxy) is 6. The van der Waals surface area contributed by atoms with Crippen molar-refractivity contribution >= 4 is 43.7 Å². The van der Waals surface area contributed by atoms with Crippen LogP contribution in [0.3, 0.4) is 0 Å². The number of carbonyl (C=O) groups is 2. The topological polar surface area (TPSA) is 150 Å².